The van der Waals surface area contributed by atoms with Gasteiger partial charge in [0.1, 0.15) is 5.60 Å². The number of hydrogen-bond acceptors (Lipinski definition) is 4. The molecule has 1 aromatic carbocycles. The van der Waals surface area contributed by atoms with E-state index in [0.717, 1.165) is 5.56 Å². The van der Waals surface area contributed by atoms with Crippen molar-refractivity contribution < 1.29 is 19.1 Å². The Labute approximate surface area is 131 Å². The molecule has 0 bridgehead atoms. The van der Waals surface area contributed by atoms with Crippen LogP contribution < -0.4 is 5.32 Å². The van der Waals surface area contributed by atoms with E-state index in [1.807, 2.05) is 30.3 Å². The zero-order valence-corrected chi connectivity index (χ0v) is 13.5. The molecule has 1 atom stereocenters. The smallest absolute Gasteiger partial charge is 0.408 e. The number of nitrogens with one attached hydrogen (secondary N) is 1. The minimum absolute atomic E-state index is 0.304. The average molecular weight is 305 g/mol. The van der Waals surface area contributed by atoms with E-state index in [0.29, 0.717) is 6.61 Å². The van der Waals surface area contributed by atoms with E-state index in [4.69, 9.17) is 9.47 Å². The third-order valence-electron chi connectivity index (χ3n) is 2.54. The van der Waals surface area contributed by atoms with Crippen molar-refractivity contribution in [2.45, 2.75) is 39.3 Å². The van der Waals surface area contributed by atoms with Gasteiger partial charge in [0.2, 0.25) is 0 Å². The molecule has 0 fully saturated rings. The van der Waals surface area contributed by atoms with Crippen molar-refractivity contribution in [3.05, 3.63) is 48.0 Å². The van der Waals surface area contributed by atoms with E-state index >= 15 is 0 Å². The van der Waals surface area contributed by atoms with Crippen molar-refractivity contribution in [3.8, 4) is 0 Å². The second kappa shape index (κ2) is 8.22. The van der Waals surface area contributed by atoms with Crippen LogP contribution >= 0.6 is 0 Å². The molecule has 0 aliphatic carbocycles. The Balaban J connectivity index is 2.84. The summed E-state index contributed by atoms with van der Waals surface area (Å²) < 4.78 is 10.1. The van der Waals surface area contributed by atoms with Gasteiger partial charge in [0, 0.05) is 6.08 Å². The molecule has 0 aliphatic heterocycles. The summed E-state index contributed by atoms with van der Waals surface area (Å²) in [6, 6.07) is 8.84. The van der Waals surface area contributed by atoms with Gasteiger partial charge in [-0.05, 0) is 33.3 Å². The third kappa shape index (κ3) is 6.92. The molecular weight excluding hydrogens is 282 g/mol. The normalized spacial score (nSPS) is 12.7. The Kier molecular flexibility index (Phi) is 6.63. The predicted molar refractivity (Wildman–Crippen MR) is 84.3 cm³/mol. The summed E-state index contributed by atoms with van der Waals surface area (Å²) in [5, 5.41) is 2.73. The number of ether oxygens (including phenoxy) is 2. The largest absolute Gasteiger partial charge is 0.463 e. The summed E-state index contributed by atoms with van der Waals surface area (Å²) in [7, 11) is 0. The van der Waals surface area contributed by atoms with Crippen LogP contribution in [0.25, 0.3) is 0 Å². The maximum absolute atomic E-state index is 11.9. The van der Waals surface area contributed by atoms with Gasteiger partial charge in [-0.15, -0.1) is 0 Å². The number of hydrogen-bond donors (Lipinski definition) is 1. The molecule has 1 unspecified atom stereocenters. The van der Waals surface area contributed by atoms with E-state index in [1.54, 1.807) is 33.8 Å². The lowest BCUT2D eigenvalue weighted by Gasteiger charge is -2.22. The molecule has 0 aliphatic rings. The Bertz CT molecular complexity index is 517. The van der Waals surface area contributed by atoms with Gasteiger partial charge in [0.25, 0.3) is 0 Å². The van der Waals surface area contributed by atoms with Gasteiger partial charge in [0.05, 0.1) is 12.6 Å². The van der Waals surface area contributed by atoms with Crippen LogP contribution in [0.4, 0.5) is 4.79 Å². The quantitative estimate of drug-likeness (QED) is 0.669. The second-order valence-corrected chi connectivity index (χ2v) is 5.65. The van der Waals surface area contributed by atoms with Gasteiger partial charge in [-0.2, -0.15) is 0 Å². The first-order chi connectivity index (χ1) is 10.3. The third-order valence-corrected chi connectivity index (χ3v) is 2.54. The highest BCUT2D eigenvalue weighted by Crippen LogP contribution is 2.16. The number of rotatable bonds is 5. The topological polar surface area (TPSA) is 64.6 Å². The summed E-state index contributed by atoms with van der Waals surface area (Å²) in [5.41, 5.74) is 0.254. The van der Waals surface area contributed by atoms with Crippen LogP contribution in [-0.2, 0) is 14.3 Å². The van der Waals surface area contributed by atoms with Crippen LogP contribution in [0.5, 0.6) is 0 Å². The molecule has 22 heavy (non-hydrogen) atoms. The van der Waals surface area contributed by atoms with E-state index in [1.165, 1.54) is 6.08 Å². The molecule has 1 N–H and O–H groups in total. The number of carbonyl (C=O) groups is 2. The number of benzene rings is 1. The molecule has 5 heteroatoms. The predicted octanol–water partition coefficient (Wildman–Crippen LogP) is 3.37. The standard InChI is InChI=1S/C17H23NO4/c1-5-21-15(19)12-11-14(13-9-7-6-8-10-13)18-16(20)22-17(2,3)4/h6-12,14H,5H2,1-4H3,(H,18,20). The molecule has 0 spiro atoms. The molecular formula is C17H23NO4. The van der Waals surface area contributed by atoms with Crippen molar-refractivity contribution in [1.82, 2.24) is 5.32 Å². The van der Waals surface area contributed by atoms with E-state index in [-0.39, 0.29) is 0 Å². The summed E-state index contributed by atoms with van der Waals surface area (Å²) in [6.07, 6.45) is 2.34. The van der Waals surface area contributed by atoms with Gasteiger partial charge in [-0.3, -0.25) is 0 Å². The number of carbonyl (C=O) groups excluding carboxylic acids is 2. The van der Waals surface area contributed by atoms with Crippen molar-refractivity contribution in [2.24, 2.45) is 0 Å². The summed E-state index contributed by atoms with van der Waals surface area (Å²) in [6.45, 7) is 7.41. The summed E-state index contributed by atoms with van der Waals surface area (Å²) >= 11 is 0. The Hall–Kier alpha value is -2.30. The average Bonchev–Trinajstić information content (AvgIpc) is 2.42. The van der Waals surface area contributed by atoms with Gasteiger partial charge >= 0.3 is 12.1 Å². The summed E-state index contributed by atoms with van der Waals surface area (Å²) in [4.78, 5) is 23.4. The molecule has 0 saturated heterocycles. The van der Waals surface area contributed by atoms with Crippen molar-refractivity contribution in [3.63, 3.8) is 0 Å². The fourth-order valence-electron chi connectivity index (χ4n) is 1.70. The van der Waals surface area contributed by atoms with E-state index in [9.17, 15) is 9.59 Å². The highest BCUT2D eigenvalue weighted by molar-refractivity contribution is 5.82. The number of amides is 1. The van der Waals surface area contributed by atoms with Gasteiger partial charge in [0.15, 0.2) is 0 Å². The lowest BCUT2D eigenvalue weighted by Crippen LogP contribution is -2.34. The highest BCUT2D eigenvalue weighted by Gasteiger charge is 2.19. The number of alkyl carbamates (subject to hydrolysis) is 1. The fraction of sp³-hybridized carbons (Fsp3) is 0.412. The Morgan fingerprint density at radius 2 is 1.86 bits per heavy atom. The minimum atomic E-state index is -0.587. The molecule has 5 nitrogen and oxygen atoms in total. The minimum Gasteiger partial charge on any atom is -0.463 e. The first kappa shape index (κ1) is 17.8. The van der Waals surface area contributed by atoms with E-state index in [2.05, 4.69) is 5.32 Å². The molecule has 0 aromatic heterocycles. The molecule has 0 heterocycles. The molecule has 0 radical (unpaired) electrons. The Morgan fingerprint density at radius 3 is 2.41 bits per heavy atom. The number of esters is 1. The maximum atomic E-state index is 11.9. The monoisotopic (exact) mass is 305 g/mol. The molecule has 120 valence electrons. The van der Waals surface area contributed by atoms with Crippen molar-refractivity contribution in [2.75, 3.05) is 6.61 Å². The molecule has 1 amide bonds. The van der Waals surface area contributed by atoms with Crippen LogP contribution in [0.2, 0.25) is 0 Å². The SMILES string of the molecule is CCOC(=O)C=CC(NC(=O)OC(C)(C)C)c1ccccc1. The van der Waals surface area contributed by atoms with Crippen LogP contribution in [0.1, 0.15) is 39.3 Å². The zero-order valence-electron chi connectivity index (χ0n) is 13.5. The molecule has 0 saturated carbocycles. The molecule has 1 aromatic rings. The second-order valence-electron chi connectivity index (χ2n) is 5.65. The maximum Gasteiger partial charge on any atom is 0.408 e. The Morgan fingerprint density at radius 1 is 1.23 bits per heavy atom. The first-order valence-electron chi connectivity index (χ1n) is 7.21. The van der Waals surface area contributed by atoms with Gasteiger partial charge in [-0.1, -0.05) is 36.4 Å². The van der Waals surface area contributed by atoms with Crippen LogP contribution in [0, 0.1) is 0 Å². The van der Waals surface area contributed by atoms with Gasteiger partial charge in [-0.25, -0.2) is 9.59 Å². The van der Waals surface area contributed by atoms with Crippen LogP contribution in [0.3, 0.4) is 0 Å². The van der Waals surface area contributed by atoms with Crippen LogP contribution in [0.15, 0.2) is 42.5 Å². The zero-order chi connectivity index (χ0) is 16.6. The fourth-order valence-corrected chi connectivity index (χ4v) is 1.70. The first-order valence-corrected chi connectivity index (χ1v) is 7.21. The summed E-state index contributed by atoms with van der Waals surface area (Å²) in [5.74, 6) is -0.450. The molecule has 1 rings (SSSR count). The van der Waals surface area contributed by atoms with Gasteiger partial charge < -0.3 is 14.8 Å². The highest BCUT2D eigenvalue weighted by atomic mass is 16.6. The van der Waals surface area contributed by atoms with Crippen molar-refractivity contribution >= 4 is 12.1 Å². The van der Waals surface area contributed by atoms with Crippen molar-refractivity contribution in [1.29, 1.82) is 0 Å². The lowest BCUT2D eigenvalue weighted by atomic mass is 10.1. The van der Waals surface area contributed by atoms with Crippen LogP contribution in [-0.4, -0.2) is 24.3 Å². The van der Waals surface area contributed by atoms with E-state index < -0.39 is 23.7 Å². The lowest BCUT2D eigenvalue weighted by molar-refractivity contribution is -0.137.